The van der Waals surface area contributed by atoms with Crippen LogP contribution < -0.4 is 9.62 Å². The van der Waals surface area contributed by atoms with Crippen LogP contribution >= 0.6 is 0 Å². The number of anilines is 1. The molecule has 2 amide bonds. The van der Waals surface area contributed by atoms with E-state index in [9.17, 15) is 22.8 Å². The van der Waals surface area contributed by atoms with Crippen molar-refractivity contribution in [2.45, 2.75) is 20.3 Å². The van der Waals surface area contributed by atoms with Crippen LogP contribution in [0.5, 0.6) is 0 Å². The van der Waals surface area contributed by atoms with Gasteiger partial charge in [-0.05, 0) is 44.0 Å². The SMILES string of the molecule is CCNC(=O)CN(CC)C(=O)COC(=O)c1ccc2c(c1)CCN2S(C)(=O)=O. The number of nitrogens with zero attached hydrogens (tertiary/aromatic N) is 2. The number of amides is 2. The zero-order valence-corrected chi connectivity index (χ0v) is 17.0. The molecule has 1 N–H and O–H groups in total. The minimum Gasteiger partial charge on any atom is -0.452 e. The number of hydrogen-bond donors (Lipinski definition) is 1. The Hall–Kier alpha value is -2.62. The third-order valence-corrected chi connectivity index (χ3v) is 5.52. The van der Waals surface area contributed by atoms with Crippen LogP contribution in [-0.4, -0.2) is 70.1 Å². The summed E-state index contributed by atoms with van der Waals surface area (Å²) >= 11 is 0. The summed E-state index contributed by atoms with van der Waals surface area (Å²) in [6.07, 6.45) is 1.63. The van der Waals surface area contributed by atoms with Crippen LogP contribution in [0.2, 0.25) is 0 Å². The summed E-state index contributed by atoms with van der Waals surface area (Å²) in [6, 6.07) is 4.62. The molecule has 154 valence electrons. The normalized spacial score (nSPS) is 13.0. The first-order chi connectivity index (χ1) is 13.2. The first kappa shape index (κ1) is 21.7. The molecule has 0 saturated heterocycles. The van der Waals surface area contributed by atoms with Crippen molar-refractivity contribution in [2.75, 3.05) is 43.3 Å². The summed E-state index contributed by atoms with van der Waals surface area (Å²) in [7, 11) is -3.36. The van der Waals surface area contributed by atoms with Gasteiger partial charge in [0.1, 0.15) is 0 Å². The van der Waals surface area contributed by atoms with Gasteiger partial charge < -0.3 is 15.0 Å². The maximum absolute atomic E-state index is 12.3. The van der Waals surface area contributed by atoms with Crippen LogP contribution in [0.25, 0.3) is 0 Å². The highest BCUT2D eigenvalue weighted by Crippen LogP contribution is 2.30. The van der Waals surface area contributed by atoms with Crippen LogP contribution in [0.4, 0.5) is 5.69 Å². The molecule has 1 aromatic rings. The molecule has 0 aromatic heterocycles. The molecule has 0 atom stereocenters. The first-order valence-electron chi connectivity index (χ1n) is 8.99. The third kappa shape index (κ3) is 5.22. The molecule has 0 bridgehead atoms. The average molecular weight is 411 g/mol. The van der Waals surface area contributed by atoms with Crippen LogP contribution in [0.3, 0.4) is 0 Å². The highest BCUT2D eigenvalue weighted by atomic mass is 32.2. The summed E-state index contributed by atoms with van der Waals surface area (Å²) in [5.41, 5.74) is 1.53. The first-order valence-corrected chi connectivity index (χ1v) is 10.8. The maximum atomic E-state index is 12.3. The Labute approximate surface area is 164 Å². The van der Waals surface area contributed by atoms with Crippen LogP contribution in [0.1, 0.15) is 29.8 Å². The van der Waals surface area contributed by atoms with E-state index in [-0.39, 0.29) is 18.0 Å². The van der Waals surface area contributed by atoms with E-state index in [2.05, 4.69) is 5.32 Å². The highest BCUT2D eigenvalue weighted by Gasteiger charge is 2.27. The molecule has 2 rings (SSSR count). The number of rotatable bonds is 8. The van der Waals surface area contributed by atoms with Crippen molar-refractivity contribution >= 4 is 33.5 Å². The molecule has 0 radical (unpaired) electrons. The van der Waals surface area contributed by atoms with Crippen molar-refractivity contribution in [1.82, 2.24) is 10.2 Å². The lowest BCUT2D eigenvalue weighted by molar-refractivity contribution is -0.138. The topological polar surface area (TPSA) is 113 Å². The number of hydrogen-bond acceptors (Lipinski definition) is 6. The number of benzene rings is 1. The summed E-state index contributed by atoms with van der Waals surface area (Å²) in [4.78, 5) is 37.4. The van der Waals surface area contributed by atoms with Gasteiger partial charge in [-0.15, -0.1) is 0 Å². The minimum atomic E-state index is -3.36. The van der Waals surface area contributed by atoms with E-state index in [0.29, 0.717) is 31.7 Å². The van der Waals surface area contributed by atoms with E-state index in [1.807, 2.05) is 0 Å². The Morgan fingerprint density at radius 1 is 1.25 bits per heavy atom. The fourth-order valence-corrected chi connectivity index (χ4v) is 3.91. The van der Waals surface area contributed by atoms with Crippen molar-refractivity contribution in [2.24, 2.45) is 0 Å². The Morgan fingerprint density at radius 2 is 1.96 bits per heavy atom. The fraction of sp³-hybridized carbons (Fsp3) is 0.500. The van der Waals surface area contributed by atoms with Gasteiger partial charge in [-0.2, -0.15) is 0 Å². The number of ether oxygens (including phenoxy) is 1. The van der Waals surface area contributed by atoms with Gasteiger partial charge in [0.05, 0.1) is 24.1 Å². The third-order valence-electron chi connectivity index (χ3n) is 4.34. The predicted octanol–water partition coefficient (Wildman–Crippen LogP) is 0.150. The molecular formula is C18H25N3O6S. The van der Waals surface area contributed by atoms with Crippen LogP contribution in [0, 0.1) is 0 Å². The highest BCUT2D eigenvalue weighted by molar-refractivity contribution is 7.92. The lowest BCUT2D eigenvalue weighted by atomic mass is 10.1. The van der Waals surface area contributed by atoms with E-state index >= 15 is 0 Å². The van der Waals surface area contributed by atoms with Crippen molar-refractivity contribution in [3.63, 3.8) is 0 Å². The number of fused-ring (bicyclic) bond motifs is 1. The van der Waals surface area contributed by atoms with Gasteiger partial charge in [0.15, 0.2) is 6.61 Å². The molecule has 0 fully saturated rings. The van der Waals surface area contributed by atoms with Gasteiger partial charge in [0.25, 0.3) is 5.91 Å². The van der Waals surface area contributed by atoms with Crippen molar-refractivity contribution < 1.29 is 27.5 Å². The predicted molar refractivity (Wildman–Crippen MR) is 104 cm³/mol. The van der Waals surface area contributed by atoms with Crippen molar-refractivity contribution in [3.05, 3.63) is 29.3 Å². The van der Waals surface area contributed by atoms with Crippen molar-refractivity contribution in [1.29, 1.82) is 0 Å². The number of sulfonamides is 1. The number of esters is 1. The molecule has 1 aliphatic rings. The molecule has 10 heteroatoms. The van der Waals surface area contributed by atoms with Crippen LogP contribution in [0.15, 0.2) is 18.2 Å². The zero-order valence-electron chi connectivity index (χ0n) is 16.2. The van der Waals surface area contributed by atoms with E-state index < -0.39 is 28.5 Å². The monoisotopic (exact) mass is 411 g/mol. The number of carbonyl (C=O) groups excluding carboxylic acids is 3. The lowest BCUT2D eigenvalue weighted by Gasteiger charge is -2.20. The molecule has 28 heavy (non-hydrogen) atoms. The second-order valence-electron chi connectivity index (χ2n) is 6.37. The average Bonchev–Trinajstić information content (AvgIpc) is 3.07. The largest absolute Gasteiger partial charge is 0.452 e. The smallest absolute Gasteiger partial charge is 0.338 e. The Kier molecular flexibility index (Phi) is 7.00. The quantitative estimate of drug-likeness (QED) is 0.609. The Balaban J connectivity index is 1.98. The van der Waals surface area contributed by atoms with E-state index in [0.717, 1.165) is 11.8 Å². The molecule has 1 heterocycles. The van der Waals surface area contributed by atoms with Gasteiger partial charge in [0.2, 0.25) is 15.9 Å². The maximum Gasteiger partial charge on any atom is 0.338 e. The number of likely N-dealkylation sites (N-methyl/N-ethyl adjacent to an activating group) is 2. The molecule has 0 saturated carbocycles. The van der Waals surface area contributed by atoms with Gasteiger partial charge in [0, 0.05) is 19.6 Å². The van der Waals surface area contributed by atoms with Gasteiger partial charge in [-0.1, -0.05) is 0 Å². The molecule has 1 aliphatic heterocycles. The second kappa shape index (κ2) is 9.05. The van der Waals surface area contributed by atoms with Crippen LogP contribution in [-0.2, 0) is 30.8 Å². The lowest BCUT2D eigenvalue weighted by Crippen LogP contribution is -2.42. The Bertz CT molecular complexity index is 868. The van der Waals surface area contributed by atoms with E-state index in [4.69, 9.17) is 4.74 Å². The number of nitrogens with one attached hydrogen (secondary N) is 1. The van der Waals surface area contributed by atoms with Gasteiger partial charge in [-0.25, -0.2) is 13.2 Å². The molecule has 0 aliphatic carbocycles. The second-order valence-corrected chi connectivity index (χ2v) is 8.27. The van der Waals surface area contributed by atoms with Gasteiger partial charge in [-0.3, -0.25) is 13.9 Å². The Morgan fingerprint density at radius 3 is 2.57 bits per heavy atom. The summed E-state index contributed by atoms with van der Waals surface area (Å²) in [5.74, 6) is -1.42. The summed E-state index contributed by atoms with van der Waals surface area (Å²) < 4.78 is 29.9. The molecular weight excluding hydrogens is 386 g/mol. The fourth-order valence-electron chi connectivity index (χ4n) is 2.95. The molecule has 0 spiro atoms. The molecule has 9 nitrogen and oxygen atoms in total. The summed E-state index contributed by atoms with van der Waals surface area (Å²) in [5, 5.41) is 2.61. The zero-order chi connectivity index (χ0) is 20.9. The standard InChI is InChI=1S/C18H25N3O6S/c1-4-19-16(22)11-20(5-2)17(23)12-27-18(24)14-6-7-15-13(10-14)8-9-21(15)28(3,25)26/h6-7,10H,4-5,8-9,11-12H2,1-3H3,(H,19,22). The van der Waals surface area contributed by atoms with Gasteiger partial charge >= 0.3 is 5.97 Å². The number of carbonyl (C=O) groups is 3. The summed E-state index contributed by atoms with van der Waals surface area (Å²) in [6.45, 7) is 4.05. The van der Waals surface area contributed by atoms with E-state index in [1.165, 1.54) is 15.3 Å². The molecule has 1 aromatic carbocycles. The minimum absolute atomic E-state index is 0.0963. The van der Waals surface area contributed by atoms with E-state index in [1.54, 1.807) is 26.0 Å². The molecule has 0 unspecified atom stereocenters. The van der Waals surface area contributed by atoms with Crippen molar-refractivity contribution in [3.8, 4) is 0 Å².